The molecule has 1 aromatic heterocycles. The molecule has 8 nitrogen and oxygen atoms in total. The van der Waals surface area contributed by atoms with Crippen LogP contribution < -0.4 is 25.1 Å². The second kappa shape index (κ2) is 8.87. The Morgan fingerprint density at radius 2 is 1.97 bits per heavy atom. The molecule has 1 aliphatic rings. The zero-order valence-corrected chi connectivity index (χ0v) is 16.6. The Bertz CT molecular complexity index is 1040. The highest BCUT2D eigenvalue weighted by atomic mass is 32.2. The van der Waals surface area contributed by atoms with Gasteiger partial charge in [0.2, 0.25) is 12.7 Å². The normalized spacial score (nSPS) is 12.0. The van der Waals surface area contributed by atoms with Crippen LogP contribution in [0.3, 0.4) is 0 Å². The molecule has 1 aliphatic heterocycles. The maximum Gasteiger partial charge on any atom is 0.281 e. The summed E-state index contributed by atoms with van der Waals surface area (Å²) in [5, 5.41) is 11.5. The van der Waals surface area contributed by atoms with Gasteiger partial charge in [0.1, 0.15) is 12.4 Å². The SMILES string of the molecule is CCSCn1c(Nc2ccc3c(c2)OCO3)nnc(COc2ccccc2)c1=O. The van der Waals surface area contributed by atoms with E-state index in [1.807, 2.05) is 49.4 Å². The van der Waals surface area contributed by atoms with E-state index in [2.05, 4.69) is 15.5 Å². The largest absolute Gasteiger partial charge is 0.487 e. The summed E-state index contributed by atoms with van der Waals surface area (Å²) in [5.41, 5.74) is 0.744. The van der Waals surface area contributed by atoms with E-state index in [1.54, 1.807) is 22.4 Å². The lowest BCUT2D eigenvalue weighted by Crippen LogP contribution is -2.29. The summed E-state index contributed by atoms with van der Waals surface area (Å²) in [5.74, 6) is 3.69. The van der Waals surface area contributed by atoms with Crippen LogP contribution in [0.5, 0.6) is 17.2 Å². The van der Waals surface area contributed by atoms with Crippen LogP contribution in [0.15, 0.2) is 53.3 Å². The van der Waals surface area contributed by atoms with E-state index in [4.69, 9.17) is 14.2 Å². The number of nitrogens with zero attached hydrogens (tertiary/aromatic N) is 3. The molecule has 0 fully saturated rings. The molecule has 150 valence electrons. The van der Waals surface area contributed by atoms with Crippen molar-refractivity contribution < 1.29 is 14.2 Å². The number of fused-ring (bicyclic) bond motifs is 1. The van der Waals surface area contributed by atoms with Crippen LogP contribution in [0.1, 0.15) is 12.6 Å². The van der Waals surface area contributed by atoms with Gasteiger partial charge >= 0.3 is 0 Å². The molecule has 0 saturated heterocycles. The van der Waals surface area contributed by atoms with Gasteiger partial charge in [-0.05, 0) is 30.0 Å². The number of benzene rings is 2. The van der Waals surface area contributed by atoms with Gasteiger partial charge in [-0.1, -0.05) is 25.1 Å². The van der Waals surface area contributed by atoms with Crippen molar-refractivity contribution in [2.45, 2.75) is 19.4 Å². The maximum atomic E-state index is 13.0. The highest BCUT2D eigenvalue weighted by Crippen LogP contribution is 2.34. The Hall–Kier alpha value is -3.20. The molecular formula is C20H20N4O4S. The van der Waals surface area contributed by atoms with E-state index in [-0.39, 0.29) is 24.7 Å². The Morgan fingerprint density at radius 1 is 1.14 bits per heavy atom. The van der Waals surface area contributed by atoms with Crippen LogP contribution >= 0.6 is 11.8 Å². The predicted octanol–water partition coefficient (Wildman–Crippen LogP) is 3.40. The highest BCUT2D eigenvalue weighted by molar-refractivity contribution is 7.98. The van der Waals surface area contributed by atoms with Crippen LogP contribution in [0.25, 0.3) is 0 Å². The Kier molecular flexibility index (Phi) is 5.85. The van der Waals surface area contributed by atoms with Crippen LogP contribution in [0.4, 0.5) is 11.6 Å². The van der Waals surface area contributed by atoms with E-state index in [1.165, 1.54) is 0 Å². The minimum atomic E-state index is -0.236. The van der Waals surface area contributed by atoms with Gasteiger partial charge in [0.05, 0.1) is 5.88 Å². The first-order valence-corrected chi connectivity index (χ1v) is 10.3. The van der Waals surface area contributed by atoms with Crippen molar-refractivity contribution in [1.82, 2.24) is 14.8 Å². The Balaban J connectivity index is 1.58. The molecule has 1 N–H and O–H groups in total. The average Bonchev–Trinajstić information content (AvgIpc) is 3.21. The van der Waals surface area contributed by atoms with Crippen LogP contribution in [-0.4, -0.2) is 27.3 Å². The van der Waals surface area contributed by atoms with Crippen LogP contribution in [0, 0.1) is 0 Å². The number of rotatable bonds is 8. The zero-order chi connectivity index (χ0) is 20.1. The lowest BCUT2D eigenvalue weighted by atomic mass is 10.3. The number of para-hydroxylation sites is 1. The van der Waals surface area contributed by atoms with Gasteiger partial charge in [0.15, 0.2) is 17.2 Å². The number of anilines is 2. The van der Waals surface area contributed by atoms with Crippen molar-refractivity contribution in [3.05, 3.63) is 64.6 Å². The van der Waals surface area contributed by atoms with E-state index in [9.17, 15) is 4.79 Å². The lowest BCUT2D eigenvalue weighted by molar-refractivity contribution is 0.174. The number of hydrogen-bond acceptors (Lipinski definition) is 8. The molecule has 0 aliphatic carbocycles. The fraction of sp³-hybridized carbons (Fsp3) is 0.250. The molecule has 0 unspecified atom stereocenters. The number of thioether (sulfide) groups is 1. The molecule has 0 saturated carbocycles. The fourth-order valence-electron chi connectivity index (χ4n) is 2.71. The van der Waals surface area contributed by atoms with Gasteiger partial charge in [-0.25, -0.2) is 0 Å². The first kappa shape index (κ1) is 19.1. The van der Waals surface area contributed by atoms with Gasteiger partial charge in [0, 0.05) is 11.8 Å². The van der Waals surface area contributed by atoms with E-state index in [0.717, 1.165) is 11.4 Å². The van der Waals surface area contributed by atoms with E-state index < -0.39 is 0 Å². The van der Waals surface area contributed by atoms with Crippen molar-refractivity contribution in [1.29, 1.82) is 0 Å². The van der Waals surface area contributed by atoms with Crippen LogP contribution in [-0.2, 0) is 12.5 Å². The second-order valence-electron chi connectivity index (χ2n) is 6.12. The van der Waals surface area contributed by atoms with Gasteiger partial charge in [-0.3, -0.25) is 9.36 Å². The quantitative estimate of drug-likeness (QED) is 0.602. The first-order valence-electron chi connectivity index (χ1n) is 9.13. The summed E-state index contributed by atoms with van der Waals surface area (Å²) in [7, 11) is 0. The van der Waals surface area contributed by atoms with Gasteiger partial charge < -0.3 is 19.5 Å². The van der Waals surface area contributed by atoms with Crippen molar-refractivity contribution in [2.75, 3.05) is 17.9 Å². The Labute approximate surface area is 171 Å². The van der Waals surface area contributed by atoms with Crippen molar-refractivity contribution >= 4 is 23.4 Å². The molecule has 0 amide bonds. The molecule has 29 heavy (non-hydrogen) atoms. The van der Waals surface area contributed by atoms with E-state index in [0.29, 0.717) is 29.1 Å². The third kappa shape index (κ3) is 4.45. The molecule has 0 bridgehead atoms. The van der Waals surface area contributed by atoms with Crippen molar-refractivity contribution in [3.63, 3.8) is 0 Å². The van der Waals surface area contributed by atoms with E-state index >= 15 is 0 Å². The maximum absolute atomic E-state index is 13.0. The molecule has 0 spiro atoms. The molecule has 0 atom stereocenters. The summed E-state index contributed by atoms with van der Waals surface area (Å²) in [6, 6.07) is 14.7. The van der Waals surface area contributed by atoms with Crippen molar-refractivity contribution in [3.8, 4) is 17.2 Å². The standard InChI is InChI=1S/C20H20N4O4S/c1-2-29-12-24-19(25)16(11-26-15-6-4-3-5-7-15)22-23-20(24)21-14-8-9-17-18(10-14)28-13-27-17/h3-10H,2,11-13H2,1H3,(H,21,23). The summed E-state index contributed by atoms with van der Waals surface area (Å²) < 4.78 is 18.0. The molecule has 2 aromatic carbocycles. The van der Waals surface area contributed by atoms with Crippen LogP contribution in [0.2, 0.25) is 0 Å². The minimum absolute atomic E-state index is 0.0525. The summed E-state index contributed by atoms with van der Waals surface area (Å²) >= 11 is 1.61. The van der Waals surface area contributed by atoms with Gasteiger partial charge in [0.25, 0.3) is 5.56 Å². The first-order chi connectivity index (χ1) is 14.2. The number of hydrogen-bond donors (Lipinski definition) is 1. The minimum Gasteiger partial charge on any atom is -0.487 e. The smallest absolute Gasteiger partial charge is 0.281 e. The average molecular weight is 412 g/mol. The molecule has 4 rings (SSSR count). The predicted molar refractivity (Wildman–Crippen MR) is 111 cm³/mol. The zero-order valence-electron chi connectivity index (χ0n) is 15.8. The molecule has 2 heterocycles. The topological polar surface area (TPSA) is 87.5 Å². The lowest BCUT2D eigenvalue weighted by Gasteiger charge is -2.14. The highest BCUT2D eigenvalue weighted by Gasteiger charge is 2.16. The van der Waals surface area contributed by atoms with Gasteiger partial charge in [-0.2, -0.15) is 0 Å². The molecule has 9 heteroatoms. The molecule has 0 radical (unpaired) electrons. The fourth-order valence-corrected chi connectivity index (χ4v) is 3.32. The second-order valence-corrected chi connectivity index (χ2v) is 7.36. The number of ether oxygens (including phenoxy) is 3. The third-order valence-corrected chi connectivity index (χ3v) is 5.03. The summed E-state index contributed by atoms with van der Waals surface area (Å²) in [6.45, 7) is 2.29. The van der Waals surface area contributed by atoms with Crippen molar-refractivity contribution in [2.24, 2.45) is 0 Å². The number of aromatic nitrogens is 3. The Morgan fingerprint density at radius 3 is 2.79 bits per heavy atom. The monoisotopic (exact) mass is 412 g/mol. The molecule has 3 aromatic rings. The summed E-state index contributed by atoms with van der Waals surface area (Å²) in [4.78, 5) is 13.0. The molecular weight excluding hydrogens is 392 g/mol. The summed E-state index contributed by atoms with van der Waals surface area (Å²) in [6.07, 6.45) is 0. The number of nitrogens with one attached hydrogen (secondary N) is 1. The third-order valence-electron chi connectivity index (χ3n) is 4.19. The van der Waals surface area contributed by atoms with Gasteiger partial charge in [-0.15, -0.1) is 22.0 Å².